The Labute approximate surface area is 146 Å². The van der Waals surface area contributed by atoms with Gasteiger partial charge in [0.25, 0.3) is 0 Å². The first-order chi connectivity index (χ1) is 10.3. The summed E-state index contributed by atoms with van der Waals surface area (Å²) in [5, 5.41) is 10.3. The van der Waals surface area contributed by atoms with Gasteiger partial charge in [-0.15, -0.1) is 0 Å². The third kappa shape index (κ3) is 2.79. The molecule has 1 fully saturated rings. The molecule has 3 atom stereocenters. The number of fused-ring (bicyclic) bond motifs is 2. The first-order valence-electron chi connectivity index (χ1n) is 6.81. The van der Waals surface area contributed by atoms with Crippen molar-refractivity contribution in [3.63, 3.8) is 0 Å². The van der Waals surface area contributed by atoms with E-state index in [2.05, 4.69) is 0 Å². The van der Waals surface area contributed by atoms with E-state index in [0.29, 0.717) is 0 Å². The van der Waals surface area contributed by atoms with Gasteiger partial charge < -0.3 is 9.90 Å². The zero-order valence-electron chi connectivity index (χ0n) is 12.8. The first kappa shape index (κ1) is 18.0. The molecular formula is C15H14LiNO5S. The molecule has 0 unspecified atom stereocenters. The van der Waals surface area contributed by atoms with E-state index in [4.69, 9.17) is 0 Å². The second-order valence-corrected chi connectivity index (χ2v) is 7.71. The molecule has 0 aliphatic carbocycles. The molecule has 3 rings (SSSR count). The summed E-state index contributed by atoms with van der Waals surface area (Å²) >= 11 is 0. The van der Waals surface area contributed by atoms with Crippen LogP contribution in [0.25, 0.3) is 0 Å². The summed E-state index contributed by atoms with van der Waals surface area (Å²) in [5.74, 6) is -1.89. The van der Waals surface area contributed by atoms with E-state index in [9.17, 15) is 23.1 Å². The number of sulfone groups is 1. The Kier molecular flexibility index (Phi) is 4.88. The van der Waals surface area contributed by atoms with Crippen LogP contribution in [-0.4, -0.2) is 49.5 Å². The standard InChI is InChI=1S/C15H15NO5S.Li/c1-16-11-8-13(14(16)10(15(18)19)7-12(11)17)22(20,21)9-5-3-2-4-6-9;/h2-7,11,13-14H,8H2,1H3,(H,18,19);/q;+1/p-1/t11-,13+,14-;/m1./s1. The summed E-state index contributed by atoms with van der Waals surface area (Å²) in [6, 6.07) is 6.41. The van der Waals surface area contributed by atoms with Crippen LogP contribution in [0.5, 0.6) is 0 Å². The van der Waals surface area contributed by atoms with E-state index in [1.165, 1.54) is 17.0 Å². The quantitative estimate of drug-likeness (QED) is 0.528. The van der Waals surface area contributed by atoms with Crippen LogP contribution < -0.4 is 24.0 Å². The molecule has 1 saturated heterocycles. The van der Waals surface area contributed by atoms with Crippen molar-refractivity contribution in [1.29, 1.82) is 0 Å². The fourth-order valence-electron chi connectivity index (χ4n) is 3.30. The minimum atomic E-state index is -3.74. The molecule has 0 amide bonds. The summed E-state index contributed by atoms with van der Waals surface area (Å²) < 4.78 is 25.6. The summed E-state index contributed by atoms with van der Waals surface area (Å²) in [7, 11) is -2.17. The zero-order chi connectivity index (χ0) is 16.1. The number of ketones is 1. The van der Waals surface area contributed by atoms with Crippen LogP contribution >= 0.6 is 0 Å². The van der Waals surface area contributed by atoms with Crippen LogP contribution in [0.4, 0.5) is 0 Å². The second-order valence-electron chi connectivity index (χ2n) is 5.55. The number of carboxylic acid groups (broad SMARTS) is 1. The van der Waals surface area contributed by atoms with Crippen molar-refractivity contribution in [2.45, 2.75) is 28.6 Å². The Morgan fingerprint density at radius 3 is 2.43 bits per heavy atom. The molecule has 1 aromatic carbocycles. The molecule has 2 aliphatic rings. The molecule has 116 valence electrons. The molecular weight excluding hydrogens is 313 g/mol. The van der Waals surface area contributed by atoms with E-state index in [-0.39, 0.29) is 41.5 Å². The van der Waals surface area contributed by atoms with Gasteiger partial charge >= 0.3 is 18.9 Å². The third-order valence-electron chi connectivity index (χ3n) is 4.39. The van der Waals surface area contributed by atoms with E-state index in [0.717, 1.165) is 6.08 Å². The van der Waals surface area contributed by atoms with E-state index in [1.54, 1.807) is 25.2 Å². The summed E-state index contributed by atoms with van der Waals surface area (Å²) in [4.78, 5) is 24.9. The molecule has 0 spiro atoms. The SMILES string of the molecule is CN1[C@@H]2C[C@H](S(=O)(=O)c3ccccc3)[C@H]1C(C(=O)[O-])=CC2=O.[Li+]. The maximum Gasteiger partial charge on any atom is 1.00 e. The minimum absolute atomic E-state index is 0. The molecule has 0 aromatic heterocycles. The van der Waals surface area contributed by atoms with Gasteiger partial charge in [0.1, 0.15) is 0 Å². The maximum absolute atomic E-state index is 12.8. The van der Waals surface area contributed by atoms with Crippen LogP contribution in [-0.2, 0) is 19.4 Å². The van der Waals surface area contributed by atoms with Gasteiger partial charge in [-0.2, -0.15) is 0 Å². The molecule has 0 saturated carbocycles. The van der Waals surface area contributed by atoms with Crippen molar-refractivity contribution >= 4 is 21.6 Å². The van der Waals surface area contributed by atoms with E-state index >= 15 is 0 Å². The van der Waals surface area contributed by atoms with E-state index < -0.39 is 33.1 Å². The number of rotatable bonds is 3. The minimum Gasteiger partial charge on any atom is -0.545 e. The van der Waals surface area contributed by atoms with Gasteiger partial charge in [0, 0.05) is 0 Å². The fraction of sp³-hybridized carbons (Fsp3) is 0.333. The van der Waals surface area contributed by atoms with Crippen molar-refractivity contribution in [2.24, 2.45) is 0 Å². The predicted molar refractivity (Wildman–Crippen MR) is 75.5 cm³/mol. The van der Waals surface area contributed by atoms with Crippen molar-refractivity contribution in [2.75, 3.05) is 7.05 Å². The number of aliphatic carboxylic acids is 1. The molecule has 23 heavy (non-hydrogen) atoms. The van der Waals surface area contributed by atoms with Crippen LogP contribution in [0.2, 0.25) is 0 Å². The number of hydrogen-bond donors (Lipinski definition) is 0. The Bertz CT molecular complexity index is 774. The third-order valence-corrected chi connectivity index (χ3v) is 6.57. The first-order valence-corrected chi connectivity index (χ1v) is 8.36. The van der Waals surface area contributed by atoms with E-state index in [1.807, 2.05) is 0 Å². The fourth-order valence-corrected chi connectivity index (χ4v) is 5.30. The normalized spacial score (nSPS) is 27.3. The van der Waals surface area contributed by atoms with Gasteiger partial charge in [0.2, 0.25) is 0 Å². The Morgan fingerprint density at radius 1 is 1.26 bits per heavy atom. The van der Waals surface area contributed by atoms with Gasteiger partial charge in [-0.1, -0.05) is 18.2 Å². The van der Waals surface area contributed by atoms with Gasteiger partial charge in [-0.3, -0.25) is 9.69 Å². The van der Waals surface area contributed by atoms with Crippen molar-refractivity contribution in [3.8, 4) is 0 Å². The molecule has 6 nitrogen and oxygen atoms in total. The number of carbonyl (C=O) groups is 2. The zero-order valence-corrected chi connectivity index (χ0v) is 13.6. The molecule has 0 radical (unpaired) electrons. The molecule has 8 heteroatoms. The van der Waals surface area contributed by atoms with Crippen molar-refractivity contribution < 1.29 is 42.0 Å². The number of carbonyl (C=O) groups excluding carboxylic acids is 2. The van der Waals surface area contributed by atoms with Crippen molar-refractivity contribution in [3.05, 3.63) is 42.0 Å². The van der Waals surface area contributed by atoms with Crippen LogP contribution in [0.15, 0.2) is 46.9 Å². The molecule has 2 heterocycles. The number of nitrogens with zero attached hydrogens (tertiary/aromatic N) is 1. The summed E-state index contributed by atoms with van der Waals surface area (Å²) in [6.45, 7) is 0. The maximum atomic E-state index is 12.8. The van der Waals surface area contributed by atoms with Gasteiger partial charge in [0.05, 0.1) is 28.2 Å². The molecule has 2 aliphatic heterocycles. The number of likely N-dealkylation sites (N-methyl/N-ethyl adjacent to an activating group) is 1. The Morgan fingerprint density at radius 2 is 1.87 bits per heavy atom. The van der Waals surface area contributed by atoms with Crippen molar-refractivity contribution in [1.82, 2.24) is 4.90 Å². The topological polar surface area (TPSA) is 94.6 Å². The van der Waals surface area contributed by atoms with Crippen LogP contribution in [0.3, 0.4) is 0 Å². The summed E-state index contributed by atoms with van der Waals surface area (Å²) in [5.41, 5.74) is -0.259. The van der Waals surface area contributed by atoms with Gasteiger partial charge in [-0.25, -0.2) is 8.42 Å². The monoisotopic (exact) mass is 327 g/mol. The second kappa shape index (κ2) is 6.25. The average Bonchev–Trinajstić information content (AvgIpc) is 2.73. The van der Waals surface area contributed by atoms with Gasteiger partial charge in [-0.05, 0) is 37.3 Å². The Hall–Kier alpha value is -1.39. The smallest absolute Gasteiger partial charge is 0.545 e. The van der Waals surface area contributed by atoms with Crippen LogP contribution in [0, 0.1) is 0 Å². The summed E-state index contributed by atoms with van der Waals surface area (Å²) in [6.07, 6.45) is 1.11. The van der Waals surface area contributed by atoms with Crippen LogP contribution in [0.1, 0.15) is 6.42 Å². The predicted octanol–water partition coefficient (Wildman–Crippen LogP) is -3.84. The Balaban J connectivity index is 0.00000192. The molecule has 2 bridgehead atoms. The molecule has 1 aromatic rings. The number of benzene rings is 1. The number of carboxylic acids is 1. The largest absolute Gasteiger partial charge is 1.00 e. The molecule has 0 N–H and O–H groups in total. The average molecular weight is 327 g/mol. The van der Waals surface area contributed by atoms with Gasteiger partial charge in [0.15, 0.2) is 15.6 Å². The number of hydrogen-bond acceptors (Lipinski definition) is 6.